The molecule has 0 bridgehead atoms. The molecule has 19 heavy (non-hydrogen) atoms. The second-order valence-corrected chi connectivity index (χ2v) is 6.28. The highest BCUT2D eigenvalue weighted by Crippen LogP contribution is 2.24. The largest absolute Gasteiger partial charge is 0.481 e. The Hall–Kier alpha value is -0.430. The smallest absolute Gasteiger partial charge is 0.306 e. The van der Waals surface area contributed by atoms with Crippen LogP contribution in [-0.4, -0.2) is 41.8 Å². The molecule has 6 heteroatoms. The van der Waals surface area contributed by atoms with E-state index in [2.05, 4.69) is 48.9 Å². The first-order valence-corrected chi connectivity index (χ1v) is 7.63. The van der Waals surface area contributed by atoms with Crippen molar-refractivity contribution in [3.05, 3.63) is 32.7 Å². The van der Waals surface area contributed by atoms with Crippen LogP contribution in [0.4, 0.5) is 0 Å². The molecule has 1 aromatic carbocycles. The minimum absolute atomic E-state index is 0.0700. The molecule has 1 N–H and O–H groups in total. The predicted octanol–water partition coefficient (Wildman–Crippen LogP) is 2.89. The third-order valence-corrected chi connectivity index (χ3v) is 4.90. The van der Waals surface area contributed by atoms with E-state index in [1.807, 2.05) is 6.07 Å². The lowest BCUT2D eigenvalue weighted by molar-refractivity contribution is -0.142. The van der Waals surface area contributed by atoms with E-state index in [0.717, 1.165) is 22.0 Å². The van der Waals surface area contributed by atoms with Crippen LogP contribution in [0.2, 0.25) is 0 Å². The van der Waals surface area contributed by atoms with Crippen molar-refractivity contribution in [2.24, 2.45) is 0 Å². The van der Waals surface area contributed by atoms with E-state index in [9.17, 15) is 4.79 Å². The summed E-state index contributed by atoms with van der Waals surface area (Å²) in [6, 6.07) is 6.15. The second-order valence-electron chi connectivity index (χ2n) is 4.57. The van der Waals surface area contributed by atoms with Gasteiger partial charge in [-0.05, 0) is 49.6 Å². The number of morpholine rings is 1. The first-order chi connectivity index (χ1) is 9.04. The van der Waals surface area contributed by atoms with Gasteiger partial charge in [0.1, 0.15) is 0 Å². The molecule has 1 atom stereocenters. The minimum Gasteiger partial charge on any atom is -0.481 e. The molecule has 1 saturated heterocycles. The van der Waals surface area contributed by atoms with Gasteiger partial charge in [-0.25, -0.2) is 0 Å². The van der Waals surface area contributed by atoms with Crippen LogP contribution < -0.4 is 0 Å². The Morgan fingerprint density at radius 2 is 2.21 bits per heavy atom. The standard InChI is InChI=1S/C13H15Br2NO3/c14-11-2-1-9(5-12(11)15)7-16-3-4-19-10(8-16)6-13(17)18/h1-2,5,10H,3-4,6-8H2,(H,17,18). The van der Waals surface area contributed by atoms with Gasteiger partial charge in [0.15, 0.2) is 0 Å². The molecule has 1 fully saturated rings. The summed E-state index contributed by atoms with van der Waals surface area (Å²) in [5.41, 5.74) is 1.20. The topological polar surface area (TPSA) is 49.8 Å². The molecule has 0 saturated carbocycles. The maximum atomic E-state index is 10.7. The van der Waals surface area contributed by atoms with E-state index in [4.69, 9.17) is 9.84 Å². The van der Waals surface area contributed by atoms with E-state index >= 15 is 0 Å². The van der Waals surface area contributed by atoms with E-state index in [-0.39, 0.29) is 12.5 Å². The van der Waals surface area contributed by atoms with Gasteiger partial charge in [-0.1, -0.05) is 6.07 Å². The van der Waals surface area contributed by atoms with Crippen LogP contribution in [0.1, 0.15) is 12.0 Å². The summed E-state index contributed by atoms with van der Waals surface area (Å²) in [5, 5.41) is 8.80. The van der Waals surface area contributed by atoms with Crippen molar-refractivity contribution in [3.63, 3.8) is 0 Å². The Bertz CT molecular complexity index is 467. The van der Waals surface area contributed by atoms with Crippen LogP contribution in [0.3, 0.4) is 0 Å². The van der Waals surface area contributed by atoms with Crippen molar-refractivity contribution in [2.75, 3.05) is 19.7 Å². The Morgan fingerprint density at radius 1 is 1.42 bits per heavy atom. The fourth-order valence-corrected chi connectivity index (χ4v) is 2.81. The molecule has 4 nitrogen and oxygen atoms in total. The molecule has 0 radical (unpaired) electrons. The average molecular weight is 393 g/mol. The van der Waals surface area contributed by atoms with Gasteiger partial charge >= 0.3 is 5.97 Å². The number of carboxylic acids is 1. The van der Waals surface area contributed by atoms with Crippen LogP contribution >= 0.6 is 31.9 Å². The highest BCUT2D eigenvalue weighted by molar-refractivity contribution is 9.13. The van der Waals surface area contributed by atoms with Crippen molar-refractivity contribution in [2.45, 2.75) is 19.1 Å². The zero-order valence-corrected chi connectivity index (χ0v) is 13.5. The van der Waals surface area contributed by atoms with Gasteiger partial charge in [-0.3, -0.25) is 9.69 Å². The number of ether oxygens (including phenoxy) is 1. The summed E-state index contributed by atoms with van der Waals surface area (Å²) >= 11 is 6.93. The van der Waals surface area contributed by atoms with E-state index < -0.39 is 5.97 Å². The predicted molar refractivity (Wildman–Crippen MR) is 79.1 cm³/mol. The van der Waals surface area contributed by atoms with Crippen molar-refractivity contribution >= 4 is 37.8 Å². The van der Waals surface area contributed by atoms with Gasteiger partial charge in [0.25, 0.3) is 0 Å². The molecule has 1 aliphatic rings. The summed E-state index contributed by atoms with van der Waals surface area (Å²) in [6.07, 6.45) is -0.134. The van der Waals surface area contributed by atoms with Crippen molar-refractivity contribution < 1.29 is 14.6 Å². The summed E-state index contributed by atoms with van der Waals surface area (Å²) in [4.78, 5) is 12.9. The zero-order chi connectivity index (χ0) is 13.8. The van der Waals surface area contributed by atoms with Gasteiger partial charge in [-0.15, -0.1) is 0 Å². The number of hydrogen-bond donors (Lipinski definition) is 1. The average Bonchev–Trinajstić information content (AvgIpc) is 2.33. The molecular weight excluding hydrogens is 378 g/mol. The first-order valence-electron chi connectivity index (χ1n) is 6.04. The molecule has 1 aromatic rings. The van der Waals surface area contributed by atoms with Crippen molar-refractivity contribution in [3.8, 4) is 0 Å². The number of nitrogens with zero attached hydrogens (tertiary/aromatic N) is 1. The molecule has 2 rings (SSSR count). The summed E-state index contributed by atoms with van der Waals surface area (Å²) in [5.74, 6) is -0.807. The Kier molecular flexibility index (Phi) is 5.38. The molecule has 1 unspecified atom stereocenters. The van der Waals surface area contributed by atoms with Gasteiger partial charge in [-0.2, -0.15) is 0 Å². The number of aliphatic carboxylic acids is 1. The normalized spacial score (nSPS) is 20.4. The van der Waals surface area contributed by atoms with Gasteiger partial charge < -0.3 is 9.84 Å². The number of carboxylic acid groups (broad SMARTS) is 1. The maximum absolute atomic E-state index is 10.7. The molecular formula is C13H15Br2NO3. The lowest BCUT2D eigenvalue weighted by atomic mass is 10.1. The summed E-state index contributed by atoms with van der Waals surface area (Å²) in [6.45, 7) is 2.91. The summed E-state index contributed by atoms with van der Waals surface area (Å²) < 4.78 is 7.52. The lowest BCUT2D eigenvalue weighted by Gasteiger charge is -2.32. The highest BCUT2D eigenvalue weighted by atomic mass is 79.9. The molecule has 1 aliphatic heterocycles. The third-order valence-electron chi connectivity index (χ3n) is 3.02. The third kappa shape index (κ3) is 4.56. The quantitative estimate of drug-likeness (QED) is 0.855. The van der Waals surface area contributed by atoms with E-state index in [1.165, 1.54) is 5.56 Å². The van der Waals surface area contributed by atoms with Crippen LogP contribution in [0.5, 0.6) is 0 Å². The summed E-state index contributed by atoms with van der Waals surface area (Å²) in [7, 11) is 0. The minimum atomic E-state index is -0.807. The van der Waals surface area contributed by atoms with Crippen LogP contribution in [0, 0.1) is 0 Å². The van der Waals surface area contributed by atoms with Crippen LogP contribution in [0.15, 0.2) is 27.1 Å². The van der Waals surface area contributed by atoms with Crippen LogP contribution in [-0.2, 0) is 16.1 Å². The van der Waals surface area contributed by atoms with E-state index in [1.54, 1.807) is 0 Å². The lowest BCUT2D eigenvalue weighted by Crippen LogP contribution is -2.42. The Balaban J connectivity index is 1.94. The molecule has 0 amide bonds. The Morgan fingerprint density at radius 3 is 2.89 bits per heavy atom. The molecule has 0 aliphatic carbocycles. The maximum Gasteiger partial charge on any atom is 0.306 e. The van der Waals surface area contributed by atoms with Gasteiger partial charge in [0.2, 0.25) is 0 Å². The fraction of sp³-hybridized carbons (Fsp3) is 0.462. The number of carbonyl (C=O) groups is 1. The molecule has 0 aromatic heterocycles. The SMILES string of the molecule is O=C(O)CC1CN(Cc2ccc(Br)c(Br)c2)CCO1. The first kappa shape index (κ1) is 15.0. The van der Waals surface area contributed by atoms with Crippen LogP contribution in [0.25, 0.3) is 0 Å². The number of halogens is 2. The number of benzene rings is 1. The van der Waals surface area contributed by atoms with Gasteiger partial charge in [0.05, 0.1) is 19.1 Å². The number of hydrogen-bond acceptors (Lipinski definition) is 3. The van der Waals surface area contributed by atoms with Crippen molar-refractivity contribution in [1.82, 2.24) is 4.90 Å². The monoisotopic (exact) mass is 391 g/mol. The number of rotatable bonds is 4. The zero-order valence-electron chi connectivity index (χ0n) is 10.3. The molecule has 0 spiro atoms. The second kappa shape index (κ2) is 6.83. The highest BCUT2D eigenvalue weighted by Gasteiger charge is 2.22. The van der Waals surface area contributed by atoms with Gasteiger partial charge in [0, 0.05) is 28.6 Å². The molecule has 1 heterocycles. The fourth-order valence-electron chi connectivity index (χ4n) is 2.14. The van der Waals surface area contributed by atoms with E-state index in [0.29, 0.717) is 13.2 Å². The Labute approximate surface area is 129 Å². The van der Waals surface area contributed by atoms with Crippen molar-refractivity contribution in [1.29, 1.82) is 0 Å². The molecule has 104 valence electrons.